The highest BCUT2D eigenvalue weighted by atomic mass is 16.5. The molecule has 138 valence electrons. The van der Waals surface area contributed by atoms with Crippen LogP contribution in [0.25, 0.3) is 0 Å². The first-order valence-corrected chi connectivity index (χ1v) is 8.44. The van der Waals surface area contributed by atoms with Gasteiger partial charge in [0.25, 0.3) is 11.8 Å². The number of carbonyl (C=O) groups is 2. The quantitative estimate of drug-likeness (QED) is 0.766. The number of aromatic nitrogens is 2. The number of hydrogen-bond acceptors (Lipinski definition) is 5. The third kappa shape index (κ3) is 3.05. The molecule has 8 nitrogen and oxygen atoms in total. The monoisotopic (exact) mass is 366 g/mol. The maximum Gasteiger partial charge on any atom is 0.293 e. The van der Waals surface area contributed by atoms with E-state index in [9.17, 15) is 9.59 Å². The van der Waals surface area contributed by atoms with Gasteiger partial charge < -0.3 is 19.4 Å². The summed E-state index contributed by atoms with van der Waals surface area (Å²) in [5.41, 5.74) is 2.74. The van der Waals surface area contributed by atoms with Crippen LogP contribution in [-0.4, -0.2) is 35.2 Å². The van der Waals surface area contributed by atoms with Crippen molar-refractivity contribution in [1.82, 2.24) is 9.78 Å². The van der Waals surface area contributed by atoms with Gasteiger partial charge in [-0.05, 0) is 36.2 Å². The van der Waals surface area contributed by atoms with Crippen molar-refractivity contribution in [2.45, 2.75) is 6.42 Å². The summed E-state index contributed by atoms with van der Waals surface area (Å²) >= 11 is 0. The molecule has 1 aromatic carbocycles. The van der Waals surface area contributed by atoms with E-state index in [0.717, 1.165) is 17.7 Å². The van der Waals surface area contributed by atoms with Crippen molar-refractivity contribution < 1.29 is 18.7 Å². The maximum absolute atomic E-state index is 12.6. The van der Waals surface area contributed by atoms with Crippen molar-refractivity contribution in [2.75, 3.05) is 23.9 Å². The predicted molar refractivity (Wildman–Crippen MR) is 98.2 cm³/mol. The highest BCUT2D eigenvalue weighted by molar-refractivity contribution is 6.08. The molecule has 0 atom stereocenters. The number of methoxy groups -OCH3 is 1. The highest BCUT2D eigenvalue weighted by Crippen LogP contribution is 2.32. The Morgan fingerprint density at radius 1 is 1.30 bits per heavy atom. The molecule has 4 rings (SSSR count). The number of hydrogen-bond donors (Lipinski definition) is 1. The lowest BCUT2D eigenvalue weighted by atomic mass is 10.1. The Morgan fingerprint density at radius 2 is 2.15 bits per heavy atom. The number of nitrogens with one attached hydrogen (secondary N) is 1. The van der Waals surface area contributed by atoms with E-state index < -0.39 is 0 Å². The van der Waals surface area contributed by atoms with Gasteiger partial charge in [-0.15, -0.1) is 5.10 Å². The molecular formula is C19H18N4O4. The third-order valence-corrected chi connectivity index (χ3v) is 4.45. The Bertz CT molecular complexity index is 1010. The minimum Gasteiger partial charge on any atom is -0.479 e. The van der Waals surface area contributed by atoms with Crippen LogP contribution in [0, 0.1) is 0 Å². The Morgan fingerprint density at radius 3 is 2.89 bits per heavy atom. The standard InChI is InChI=1S/C19H18N4O4/c1-22-11-14(18(21-22)26-2)17(24)20-13-6-5-12-7-8-23(15(12)10-13)19(25)16-4-3-9-27-16/h3-6,9-11H,7-8H2,1-2H3,(H,20,24). The molecule has 0 spiro atoms. The topological polar surface area (TPSA) is 89.6 Å². The molecule has 8 heteroatoms. The summed E-state index contributed by atoms with van der Waals surface area (Å²) in [5.74, 6) is 0.0149. The fraction of sp³-hybridized carbons (Fsp3) is 0.211. The number of furan rings is 1. The van der Waals surface area contributed by atoms with Gasteiger partial charge in [-0.25, -0.2) is 0 Å². The van der Waals surface area contributed by atoms with Crippen molar-refractivity contribution in [3.8, 4) is 5.88 Å². The zero-order chi connectivity index (χ0) is 19.0. The first-order chi connectivity index (χ1) is 13.1. The third-order valence-electron chi connectivity index (χ3n) is 4.45. The molecule has 0 fully saturated rings. The van der Waals surface area contributed by atoms with Crippen LogP contribution in [0.1, 0.15) is 26.5 Å². The molecule has 0 saturated heterocycles. The molecule has 0 bridgehead atoms. The molecule has 0 unspecified atom stereocenters. The minimum atomic E-state index is -0.332. The molecule has 1 aliphatic rings. The first-order valence-electron chi connectivity index (χ1n) is 8.44. The molecule has 1 N–H and O–H groups in total. The highest BCUT2D eigenvalue weighted by Gasteiger charge is 2.27. The lowest BCUT2D eigenvalue weighted by Crippen LogP contribution is -2.28. The fourth-order valence-electron chi connectivity index (χ4n) is 3.17. The summed E-state index contributed by atoms with van der Waals surface area (Å²) in [7, 11) is 3.18. The summed E-state index contributed by atoms with van der Waals surface area (Å²) < 4.78 is 11.9. The number of amides is 2. The number of anilines is 2. The van der Waals surface area contributed by atoms with Gasteiger partial charge in [0.2, 0.25) is 5.88 Å². The fourth-order valence-corrected chi connectivity index (χ4v) is 3.17. The van der Waals surface area contributed by atoms with Crippen molar-refractivity contribution >= 4 is 23.2 Å². The van der Waals surface area contributed by atoms with Gasteiger partial charge in [0.1, 0.15) is 5.56 Å². The summed E-state index contributed by atoms with van der Waals surface area (Å²) in [6.07, 6.45) is 3.82. The van der Waals surface area contributed by atoms with E-state index in [1.54, 1.807) is 36.3 Å². The SMILES string of the molecule is COc1nn(C)cc1C(=O)Nc1ccc2c(c1)N(C(=O)c1ccco1)CC2. The van der Waals surface area contributed by atoms with Gasteiger partial charge >= 0.3 is 0 Å². The number of carbonyl (C=O) groups excluding carboxylic acids is 2. The molecule has 0 aliphatic carbocycles. The number of ether oxygens (including phenoxy) is 1. The molecule has 1 aliphatic heterocycles. The van der Waals surface area contributed by atoms with Gasteiger partial charge in [0.15, 0.2) is 5.76 Å². The number of benzene rings is 1. The van der Waals surface area contributed by atoms with Gasteiger partial charge in [-0.2, -0.15) is 0 Å². The van der Waals surface area contributed by atoms with E-state index in [0.29, 0.717) is 17.8 Å². The van der Waals surface area contributed by atoms with Crippen LogP contribution in [0.4, 0.5) is 11.4 Å². The van der Waals surface area contributed by atoms with E-state index in [4.69, 9.17) is 9.15 Å². The average Bonchev–Trinajstić information content (AvgIpc) is 3.40. The summed E-state index contributed by atoms with van der Waals surface area (Å²) in [5, 5.41) is 6.92. The molecule has 0 saturated carbocycles. The lowest BCUT2D eigenvalue weighted by Gasteiger charge is -2.17. The number of nitrogens with zero attached hydrogens (tertiary/aromatic N) is 3. The van der Waals surface area contributed by atoms with E-state index in [2.05, 4.69) is 10.4 Å². The van der Waals surface area contributed by atoms with Crippen LogP contribution in [-0.2, 0) is 13.5 Å². The van der Waals surface area contributed by atoms with Crippen LogP contribution in [0.15, 0.2) is 47.2 Å². The molecule has 3 aromatic rings. The molecular weight excluding hydrogens is 348 g/mol. The van der Waals surface area contributed by atoms with E-state index in [1.165, 1.54) is 18.1 Å². The van der Waals surface area contributed by atoms with Crippen LogP contribution < -0.4 is 15.0 Å². The molecule has 2 amide bonds. The van der Waals surface area contributed by atoms with Crippen LogP contribution in [0.5, 0.6) is 5.88 Å². The van der Waals surface area contributed by atoms with E-state index in [1.807, 2.05) is 12.1 Å². The van der Waals surface area contributed by atoms with Crippen molar-refractivity contribution in [1.29, 1.82) is 0 Å². The predicted octanol–water partition coefficient (Wildman–Crippen LogP) is 2.48. The second-order valence-corrected chi connectivity index (χ2v) is 6.21. The zero-order valence-electron chi connectivity index (χ0n) is 14.9. The zero-order valence-corrected chi connectivity index (χ0v) is 14.9. The van der Waals surface area contributed by atoms with Gasteiger partial charge in [0.05, 0.1) is 13.4 Å². The summed E-state index contributed by atoms with van der Waals surface area (Å²) in [6, 6.07) is 8.86. The smallest absolute Gasteiger partial charge is 0.293 e. The van der Waals surface area contributed by atoms with Crippen LogP contribution >= 0.6 is 0 Å². The average molecular weight is 366 g/mol. The summed E-state index contributed by atoms with van der Waals surface area (Å²) in [4.78, 5) is 26.9. The molecule has 3 heterocycles. The lowest BCUT2D eigenvalue weighted by molar-refractivity contribution is 0.0962. The molecule has 0 radical (unpaired) electrons. The molecule has 2 aromatic heterocycles. The Balaban J connectivity index is 1.58. The van der Waals surface area contributed by atoms with E-state index >= 15 is 0 Å². The van der Waals surface area contributed by atoms with Crippen molar-refractivity contribution in [3.63, 3.8) is 0 Å². The van der Waals surface area contributed by atoms with Gasteiger partial charge in [-0.1, -0.05) is 6.07 Å². The number of fused-ring (bicyclic) bond motifs is 1. The Kier molecular flexibility index (Phi) is 4.15. The Hall–Kier alpha value is -3.55. The number of aryl methyl sites for hydroxylation is 1. The van der Waals surface area contributed by atoms with Crippen molar-refractivity contribution in [2.24, 2.45) is 7.05 Å². The first kappa shape index (κ1) is 16.9. The molecule has 27 heavy (non-hydrogen) atoms. The largest absolute Gasteiger partial charge is 0.479 e. The van der Waals surface area contributed by atoms with Crippen LogP contribution in [0.3, 0.4) is 0 Å². The maximum atomic E-state index is 12.6. The second kappa shape index (κ2) is 6.64. The van der Waals surface area contributed by atoms with Gasteiger partial charge in [-0.3, -0.25) is 14.3 Å². The van der Waals surface area contributed by atoms with Crippen LogP contribution in [0.2, 0.25) is 0 Å². The second-order valence-electron chi connectivity index (χ2n) is 6.21. The van der Waals surface area contributed by atoms with E-state index in [-0.39, 0.29) is 23.5 Å². The van der Waals surface area contributed by atoms with Crippen molar-refractivity contribution in [3.05, 3.63) is 59.7 Å². The minimum absolute atomic E-state index is 0.198. The Labute approximate surface area is 155 Å². The normalized spacial score (nSPS) is 12.7. The summed E-state index contributed by atoms with van der Waals surface area (Å²) in [6.45, 7) is 0.572. The van der Waals surface area contributed by atoms with Gasteiger partial charge in [0, 0.05) is 31.2 Å². The number of rotatable bonds is 4.